The van der Waals surface area contributed by atoms with E-state index in [0.29, 0.717) is 0 Å². The summed E-state index contributed by atoms with van der Waals surface area (Å²) < 4.78 is 5.37. The van der Waals surface area contributed by atoms with Crippen LogP contribution >= 0.6 is 0 Å². The zero-order chi connectivity index (χ0) is 13.1. The van der Waals surface area contributed by atoms with Gasteiger partial charge in [-0.25, -0.2) is 0 Å². The second-order valence-electron chi connectivity index (χ2n) is 4.72. The zero-order valence-corrected chi connectivity index (χ0v) is 10.6. The van der Waals surface area contributed by atoms with Crippen LogP contribution in [-0.2, 0) is 22.6 Å². The summed E-state index contributed by atoms with van der Waals surface area (Å²) >= 11 is 0. The molecule has 1 atom stereocenters. The summed E-state index contributed by atoms with van der Waals surface area (Å²) in [5.74, 6) is -0.254. The summed E-state index contributed by atoms with van der Waals surface area (Å²) in [6, 6.07) is 13.7. The van der Waals surface area contributed by atoms with Crippen molar-refractivity contribution in [1.82, 2.24) is 4.98 Å². The zero-order valence-electron chi connectivity index (χ0n) is 10.6. The summed E-state index contributed by atoms with van der Waals surface area (Å²) in [7, 11) is 0. The number of carbonyl (C=O) groups excluding carboxylic acids is 1. The van der Waals surface area contributed by atoms with Gasteiger partial charge in [-0.1, -0.05) is 30.3 Å². The number of ether oxygens (including phenoxy) is 1. The van der Waals surface area contributed by atoms with Crippen molar-refractivity contribution < 1.29 is 9.53 Å². The van der Waals surface area contributed by atoms with E-state index in [0.717, 1.165) is 24.1 Å². The van der Waals surface area contributed by atoms with E-state index in [2.05, 4.69) is 11.1 Å². The first-order valence-corrected chi connectivity index (χ1v) is 6.49. The molecule has 1 aromatic heterocycles. The summed E-state index contributed by atoms with van der Waals surface area (Å²) in [5, 5.41) is 0. The van der Waals surface area contributed by atoms with Crippen LogP contribution in [0.3, 0.4) is 0 Å². The largest absolute Gasteiger partial charge is 0.459 e. The van der Waals surface area contributed by atoms with Crippen molar-refractivity contribution in [3.8, 4) is 0 Å². The molecule has 96 valence electrons. The van der Waals surface area contributed by atoms with E-state index in [9.17, 15) is 4.79 Å². The van der Waals surface area contributed by atoms with Crippen LogP contribution < -0.4 is 0 Å². The monoisotopic (exact) mass is 253 g/mol. The summed E-state index contributed by atoms with van der Waals surface area (Å²) in [6.45, 7) is 0.248. The van der Waals surface area contributed by atoms with Crippen molar-refractivity contribution >= 4 is 5.97 Å². The van der Waals surface area contributed by atoms with Gasteiger partial charge in [0, 0.05) is 6.20 Å². The van der Waals surface area contributed by atoms with Gasteiger partial charge >= 0.3 is 5.97 Å². The van der Waals surface area contributed by atoms with Gasteiger partial charge in [0.05, 0.1) is 11.6 Å². The number of carbonyl (C=O) groups is 1. The molecule has 0 fully saturated rings. The lowest BCUT2D eigenvalue weighted by Gasteiger charge is -2.11. The van der Waals surface area contributed by atoms with E-state index < -0.39 is 0 Å². The molecule has 1 aliphatic rings. The van der Waals surface area contributed by atoms with Gasteiger partial charge in [0.25, 0.3) is 0 Å². The number of aryl methyl sites for hydroxylation is 1. The van der Waals surface area contributed by atoms with Gasteiger partial charge < -0.3 is 4.74 Å². The molecule has 0 saturated carbocycles. The minimum absolute atomic E-state index is 0.111. The van der Waals surface area contributed by atoms with E-state index in [4.69, 9.17) is 4.74 Å². The Morgan fingerprint density at radius 3 is 2.89 bits per heavy atom. The lowest BCUT2D eigenvalue weighted by molar-refractivity contribution is -0.146. The van der Waals surface area contributed by atoms with Crippen molar-refractivity contribution in [2.24, 2.45) is 0 Å². The molecule has 3 nitrogen and oxygen atoms in total. The summed E-state index contributed by atoms with van der Waals surface area (Å²) in [6.07, 6.45) is 3.51. The highest BCUT2D eigenvalue weighted by Crippen LogP contribution is 2.33. The van der Waals surface area contributed by atoms with Crippen LogP contribution in [0.25, 0.3) is 0 Å². The normalized spacial score (nSPS) is 16.9. The molecule has 0 spiro atoms. The van der Waals surface area contributed by atoms with Crippen LogP contribution in [0.15, 0.2) is 48.7 Å². The van der Waals surface area contributed by atoms with Gasteiger partial charge in [-0.05, 0) is 36.1 Å². The molecule has 2 aromatic rings. The number of aromatic nitrogens is 1. The first-order chi connectivity index (χ1) is 9.34. The Balaban J connectivity index is 1.66. The molecule has 1 aliphatic carbocycles. The fraction of sp³-hybridized carbons (Fsp3) is 0.250. The predicted molar refractivity (Wildman–Crippen MR) is 71.5 cm³/mol. The molecular formula is C16H15NO2. The average Bonchev–Trinajstić information content (AvgIpc) is 2.90. The lowest BCUT2D eigenvalue weighted by Crippen LogP contribution is -2.14. The minimum Gasteiger partial charge on any atom is -0.459 e. The third-order valence-corrected chi connectivity index (χ3v) is 3.51. The molecule has 0 bridgehead atoms. The maximum Gasteiger partial charge on any atom is 0.313 e. The molecule has 1 heterocycles. The predicted octanol–water partition coefficient (Wildman–Crippen LogP) is 2.85. The topological polar surface area (TPSA) is 39.2 Å². The molecule has 0 aliphatic heterocycles. The van der Waals surface area contributed by atoms with E-state index in [-0.39, 0.29) is 18.5 Å². The molecule has 0 amide bonds. The number of fused-ring (bicyclic) bond motifs is 1. The number of hydrogen-bond donors (Lipinski definition) is 0. The highest BCUT2D eigenvalue weighted by Gasteiger charge is 2.29. The molecule has 0 radical (unpaired) electrons. The van der Waals surface area contributed by atoms with Gasteiger partial charge in [0.1, 0.15) is 6.61 Å². The fourth-order valence-corrected chi connectivity index (χ4v) is 2.53. The molecule has 19 heavy (non-hydrogen) atoms. The first kappa shape index (κ1) is 11.9. The van der Waals surface area contributed by atoms with Gasteiger partial charge in [-0.3, -0.25) is 9.78 Å². The number of nitrogens with zero attached hydrogens (tertiary/aromatic N) is 1. The molecule has 0 N–H and O–H groups in total. The third kappa shape index (κ3) is 2.50. The molecule has 3 heteroatoms. The molecular weight excluding hydrogens is 238 g/mol. The second kappa shape index (κ2) is 5.22. The minimum atomic E-state index is -0.143. The molecule has 0 saturated heterocycles. The molecule has 1 aromatic carbocycles. The van der Waals surface area contributed by atoms with Crippen molar-refractivity contribution in [3.05, 3.63) is 65.5 Å². The van der Waals surface area contributed by atoms with Gasteiger partial charge in [-0.2, -0.15) is 0 Å². The number of rotatable bonds is 3. The quantitative estimate of drug-likeness (QED) is 0.789. The van der Waals surface area contributed by atoms with E-state index in [1.807, 2.05) is 36.4 Å². The number of pyridine rings is 1. The molecule has 1 unspecified atom stereocenters. The SMILES string of the molecule is O=C(OCc1ccccn1)C1CCc2ccccc21. The second-order valence-corrected chi connectivity index (χ2v) is 4.72. The van der Waals surface area contributed by atoms with Crippen LogP contribution in [0.1, 0.15) is 29.2 Å². The Bertz CT molecular complexity index is 580. The summed E-state index contributed by atoms with van der Waals surface area (Å²) in [4.78, 5) is 16.3. The highest BCUT2D eigenvalue weighted by molar-refractivity contribution is 5.79. The van der Waals surface area contributed by atoms with Crippen LogP contribution in [0.5, 0.6) is 0 Å². The van der Waals surface area contributed by atoms with E-state index in [1.165, 1.54) is 5.56 Å². The fourth-order valence-electron chi connectivity index (χ4n) is 2.53. The Labute approximate surface area is 112 Å². The third-order valence-electron chi connectivity index (χ3n) is 3.51. The van der Waals surface area contributed by atoms with Crippen LogP contribution in [0, 0.1) is 0 Å². The Morgan fingerprint density at radius 2 is 2.05 bits per heavy atom. The maximum atomic E-state index is 12.1. The maximum absolute atomic E-state index is 12.1. The average molecular weight is 253 g/mol. The van der Waals surface area contributed by atoms with Crippen molar-refractivity contribution in [1.29, 1.82) is 0 Å². The van der Waals surface area contributed by atoms with Crippen LogP contribution in [0.2, 0.25) is 0 Å². The summed E-state index contributed by atoms with van der Waals surface area (Å²) in [5.41, 5.74) is 3.16. The highest BCUT2D eigenvalue weighted by atomic mass is 16.5. The number of benzene rings is 1. The number of hydrogen-bond acceptors (Lipinski definition) is 3. The number of esters is 1. The Morgan fingerprint density at radius 1 is 1.21 bits per heavy atom. The van der Waals surface area contributed by atoms with Crippen molar-refractivity contribution in [2.45, 2.75) is 25.4 Å². The van der Waals surface area contributed by atoms with E-state index >= 15 is 0 Å². The van der Waals surface area contributed by atoms with Gasteiger partial charge in [0.15, 0.2) is 0 Å². The first-order valence-electron chi connectivity index (χ1n) is 6.49. The Hall–Kier alpha value is -2.16. The smallest absolute Gasteiger partial charge is 0.313 e. The lowest BCUT2D eigenvalue weighted by atomic mass is 10.0. The van der Waals surface area contributed by atoms with Gasteiger partial charge in [-0.15, -0.1) is 0 Å². The van der Waals surface area contributed by atoms with Crippen LogP contribution in [0.4, 0.5) is 0 Å². The molecule has 3 rings (SSSR count). The van der Waals surface area contributed by atoms with Crippen molar-refractivity contribution in [2.75, 3.05) is 0 Å². The van der Waals surface area contributed by atoms with E-state index in [1.54, 1.807) is 6.20 Å². The van der Waals surface area contributed by atoms with Crippen LogP contribution in [-0.4, -0.2) is 11.0 Å². The van der Waals surface area contributed by atoms with Crippen molar-refractivity contribution in [3.63, 3.8) is 0 Å². The standard InChI is InChI=1S/C16H15NO2/c18-16(19-11-13-6-3-4-10-17-13)15-9-8-12-5-1-2-7-14(12)15/h1-7,10,15H,8-9,11H2. The van der Waals surface area contributed by atoms with Gasteiger partial charge in [0.2, 0.25) is 0 Å². The Kier molecular flexibility index (Phi) is 3.27.